The van der Waals surface area contributed by atoms with Gasteiger partial charge in [0.1, 0.15) is 22.9 Å². The van der Waals surface area contributed by atoms with Crippen LogP contribution in [0.15, 0.2) is 132 Å². The van der Waals surface area contributed by atoms with E-state index in [9.17, 15) is 10.2 Å². The molecule has 4 heteroatoms. The Bertz CT molecular complexity index is 1450. The highest BCUT2D eigenvalue weighted by Crippen LogP contribution is 2.50. The van der Waals surface area contributed by atoms with Crippen molar-refractivity contribution in [3.63, 3.8) is 0 Å². The van der Waals surface area contributed by atoms with E-state index in [2.05, 4.69) is 22.4 Å². The molecule has 0 unspecified atom stereocenters. The molecule has 0 fully saturated rings. The number of hydrogen-bond acceptors (Lipinski definition) is 4. The summed E-state index contributed by atoms with van der Waals surface area (Å²) in [5.41, 5.74) is 6.16. The summed E-state index contributed by atoms with van der Waals surface area (Å²) in [5, 5.41) is 30.1. The standard InChI is InChI=1S/C30H22N2O2/c33-26-19-11-10-18-25(26)31-32-30-27(34)20-24(21-12-4-1-5-13-21)28(22-14-6-2-7-15-22)29(30)23-16-8-3-9-17-23/h1-20,33-34H. The minimum Gasteiger partial charge on any atom is -0.506 e. The normalized spacial score (nSPS) is 11.1. The zero-order valence-electron chi connectivity index (χ0n) is 18.3. The molecule has 0 aliphatic carbocycles. The molecule has 0 heterocycles. The fourth-order valence-electron chi connectivity index (χ4n) is 4.05. The van der Waals surface area contributed by atoms with Gasteiger partial charge in [-0.1, -0.05) is 103 Å². The molecular formula is C30H22N2O2. The fourth-order valence-corrected chi connectivity index (χ4v) is 4.05. The number of phenols is 2. The summed E-state index contributed by atoms with van der Waals surface area (Å²) in [4.78, 5) is 0. The molecule has 164 valence electrons. The molecule has 4 nitrogen and oxygen atoms in total. The van der Waals surface area contributed by atoms with Gasteiger partial charge in [-0.05, 0) is 46.0 Å². The number of nitrogens with zero attached hydrogens (tertiary/aromatic N) is 2. The zero-order chi connectivity index (χ0) is 23.3. The second-order valence-corrected chi connectivity index (χ2v) is 7.83. The highest BCUT2D eigenvalue weighted by molar-refractivity contribution is 6.01. The van der Waals surface area contributed by atoms with Gasteiger partial charge in [0.2, 0.25) is 0 Å². The van der Waals surface area contributed by atoms with E-state index in [-0.39, 0.29) is 11.5 Å². The van der Waals surface area contributed by atoms with Crippen molar-refractivity contribution >= 4 is 11.4 Å². The van der Waals surface area contributed by atoms with Crippen molar-refractivity contribution in [3.05, 3.63) is 121 Å². The van der Waals surface area contributed by atoms with Gasteiger partial charge in [0.25, 0.3) is 0 Å². The van der Waals surface area contributed by atoms with Gasteiger partial charge in [-0.25, -0.2) is 0 Å². The number of hydrogen-bond donors (Lipinski definition) is 2. The summed E-state index contributed by atoms with van der Waals surface area (Å²) in [6.45, 7) is 0. The molecule has 0 atom stereocenters. The van der Waals surface area contributed by atoms with Gasteiger partial charge in [-0.2, -0.15) is 0 Å². The molecule has 0 saturated heterocycles. The maximum Gasteiger partial charge on any atom is 0.144 e. The van der Waals surface area contributed by atoms with Crippen molar-refractivity contribution < 1.29 is 10.2 Å². The number of aromatic hydroxyl groups is 2. The molecule has 0 aliphatic heterocycles. The van der Waals surface area contributed by atoms with Crippen molar-refractivity contribution in [2.75, 3.05) is 0 Å². The van der Waals surface area contributed by atoms with Crippen LogP contribution in [0, 0.1) is 0 Å². The van der Waals surface area contributed by atoms with Gasteiger partial charge in [0.05, 0.1) is 0 Å². The molecule has 0 amide bonds. The van der Waals surface area contributed by atoms with Gasteiger partial charge in [-0.3, -0.25) is 0 Å². The number of azo groups is 1. The Morgan fingerprint density at radius 1 is 0.441 bits per heavy atom. The monoisotopic (exact) mass is 442 g/mol. The number of para-hydroxylation sites is 1. The van der Waals surface area contributed by atoms with Crippen molar-refractivity contribution in [1.29, 1.82) is 0 Å². The number of rotatable bonds is 5. The molecule has 0 aromatic heterocycles. The summed E-state index contributed by atoms with van der Waals surface area (Å²) >= 11 is 0. The second kappa shape index (κ2) is 9.43. The largest absolute Gasteiger partial charge is 0.506 e. The third kappa shape index (κ3) is 4.17. The van der Waals surface area contributed by atoms with Crippen LogP contribution in [0.3, 0.4) is 0 Å². The van der Waals surface area contributed by atoms with Crippen LogP contribution in [0.25, 0.3) is 33.4 Å². The average molecular weight is 443 g/mol. The Balaban J connectivity index is 1.85. The van der Waals surface area contributed by atoms with Gasteiger partial charge in [0.15, 0.2) is 0 Å². The molecule has 34 heavy (non-hydrogen) atoms. The van der Waals surface area contributed by atoms with E-state index in [4.69, 9.17) is 0 Å². The first-order valence-corrected chi connectivity index (χ1v) is 11.0. The smallest absolute Gasteiger partial charge is 0.144 e. The predicted octanol–water partition coefficient (Wildman–Crippen LogP) is 8.51. The van der Waals surface area contributed by atoms with Crippen LogP contribution < -0.4 is 0 Å². The minimum absolute atomic E-state index is 0.0107. The number of benzene rings is 5. The van der Waals surface area contributed by atoms with Crippen LogP contribution in [-0.4, -0.2) is 10.2 Å². The lowest BCUT2D eigenvalue weighted by Gasteiger charge is -2.19. The summed E-state index contributed by atoms with van der Waals surface area (Å²) in [6, 6.07) is 38.4. The molecule has 2 N–H and O–H groups in total. The van der Waals surface area contributed by atoms with E-state index in [0.717, 1.165) is 33.4 Å². The lowest BCUT2D eigenvalue weighted by atomic mass is 9.86. The molecule has 0 aliphatic rings. The molecule has 0 bridgehead atoms. The zero-order valence-corrected chi connectivity index (χ0v) is 18.3. The van der Waals surface area contributed by atoms with Crippen LogP contribution >= 0.6 is 0 Å². The van der Waals surface area contributed by atoms with E-state index in [0.29, 0.717) is 11.4 Å². The van der Waals surface area contributed by atoms with E-state index < -0.39 is 0 Å². The fraction of sp³-hybridized carbons (Fsp3) is 0. The van der Waals surface area contributed by atoms with Gasteiger partial charge >= 0.3 is 0 Å². The van der Waals surface area contributed by atoms with Crippen LogP contribution in [-0.2, 0) is 0 Å². The summed E-state index contributed by atoms with van der Waals surface area (Å²) in [7, 11) is 0. The number of phenolic OH excluding ortho intramolecular Hbond substituents is 2. The summed E-state index contributed by atoms with van der Waals surface area (Å²) < 4.78 is 0. The molecule has 0 spiro atoms. The lowest BCUT2D eigenvalue weighted by Crippen LogP contribution is -1.92. The maximum atomic E-state index is 11.2. The third-order valence-corrected chi connectivity index (χ3v) is 5.63. The first-order valence-electron chi connectivity index (χ1n) is 11.0. The maximum absolute atomic E-state index is 11.2. The molecule has 0 saturated carbocycles. The molecule has 5 aromatic carbocycles. The van der Waals surface area contributed by atoms with Crippen molar-refractivity contribution in [2.45, 2.75) is 0 Å². The topological polar surface area (TPSA) is 65.2 Å². The summed E-state index contributed by atoms with van der Waals surface area (Å²) in [5.74, 6) is 0.0350. The Kier molecular flexibility index (Phi) is 5.87. The van der Waals surface area contributed by atoms with E-state index in [1.807, 2.05) is 78.9 Å². The van der Waals surface area contributed by atoms with Crippen molar-refractivity contribution in [3.8, 4) is 44.9 Å². The van der Waals surface area contributed by atoms with Crippen LogP contribution in [0.4, 0.5) is 11.4 Å². The third-order valence-electron chi connectivity index (χ3n) is 5.63. The van der Waals surface area contributed by atoms with Gasteiger partial charge in [0, 0.05) is 5.56 Å². The van der Waals surface area contributed by atoms with Crippen LogP contribution in [0.1, 0.15) is 0 Å². The second-order valence-electron chi connectivity index (χ2n) is 7.83. The highest BCUT2D eigenvalue weighted by atomic mass is 16.3. The Hall–Kier alpha value is -4.70. The van der Waals surface area contributed by atoms with E-state index in [1.54, 1.807) is 30.3 Å². The van der Waals surface area contributed by atoms with E-state index >= 15 is 0 Å². The van der Waals surface area contributed by atoms with E-state index in [1.165, 1.54) is 0 Å². The highest BCUT2D eigenvalue weighted by Gasteiger charge is 2.22. The van der Waals surface area contributed by atoms with Crippen molar-refractivity contribution in [1.82, 2.24) is 0 Å². The van der Waals surface area contributed by atoms with Crippen LogP contribution in [0.5, 0.6) is 11.5 Å². The van der Waals surface area contributed by atoms with Crippen LogP contribution in [0.2, 0.25) is 0 Å². The minimum atomic E-state index is 0.0107. The quantitative estimate of drug-likeness (QED) is 0.268. The van der Waals surface area contributed by atoms with Gasteiger partial charge in [-0.15, -0.1) is 10.2 Å². The Morgan fingerprint density at radius 3 is 1.53 bits per heavy atom. The molecular weight excluding hydrogens is 420 g/mol. The molecule has 0 radical (unpaired) electrons. The average Bonchev–Trinajstić information content (AvgIpc) is 2.90. The Morgan fingerprint density at radius 2 is 0.941 bits per heavy atom. The predicted molar refractivity (Wildman–Crippen MR) is 137 cm³/mol. The molecule has 5 aromatic rings. The van der Waals surface area contributed by atoms with Crippen molar-refractivity contribution in [2.24, 2.45) is 10.2 Å². The molecule has 5 rings (SSSR count). The SMILES string of the molecule is Oc1ccccc1N=Nc1c(O)cc(-c2ccccc2)c(-c2ccccc2)c1-c1ccccc1. The lowest BCUT2D eigenvalue weighted by molar-refractivity contribution is 0.474. The first-order chi connectivity index (χ1) is 16.7. The van der Waals surface area contributed by atoms with Gasteiger partial charge < -0.3 is 10.2 Å². The Labute approximate surface area is 198 Å². The first kappa shape index (κ1) is 21.2. The summed E-state index contributed by atoms with van der Waals surface area (Å²) in [6.07, 6.45) is 0.